The maximum Gasteiger partial charge on any atom is 0.277 e. The van der Waals surface area contributed by atoms with E-state index in [9.17, 15) is 4.39 Å². The number of rotatable bonds is 6. The number of halogens is 1. The van der Waals surface area contributed by atoms with Gasteiger partial charge in [0.1, 0.15) is 11.5 Å². The number of pyridine rings is 1. The summed E-state index contributed by atoms with van der Waals surface area (Å²) in [6, 6.07) is 17.6. The Labute approximate surface area is 172 Å². The van der Waals surface area contributed by atoms with Gasteiger partial charge in [0.05, 0.1) is 11.4 Å². The van der Waals surface area contributed by atoms with Crippen molar-refractivity contribution in [1.29, 1.82) is 0 Å². The third-order valence-electron chi connectivity index (χ3n) is 4.45. The van der Waals surface area contributed by atoms with Crippen LogP contribution in [0.1, 0.15) is 17.0 Å². The van der Waals surface area contributed by atoms with E-state index in [0.29, 0.717) is 22.8 Å². The molecule has 0 amide bonds. The summed E-state index contributed by atoms with van der Waals surface area (Å²) in [7, 11) is 0. The van der Waals surface area contributed by atoms with Gasteiger partial charge in [-0.2, -0.15) is 4.98 Å². The van der Waals surface area contributed by atoms with Crippen molar-refractivity contribution in [2.24, 2.45) is 5.84 Å². The maximum atomic E-state index is 14.3. The van der Waals surface area contributed by atoms with Gasteiger partial charge in [-0.1, -0.05) is 47.1 Å². The van der Waals surface area contributed by atoms with E-state index in [1.165, 1.54) is 6.07 Å². The molecule has 0 aliphatic heterocycles. The number of hydrogen-bond donors (Lipinski definition) is 3. The highest BCUT2D eigenvalue weighted by Gasteiger charge is 2.19. The van der Waals surface area contributed by atoms with Crippen LogP contribution in [0.4, 0.5) is 10.1 Å². The van der Waals surface area contributed by atoms with Crippen LogP contribution in [-0.2, 0) is 0 Å². The third-order valence-corrected chi connectivity index (χ3v) is 4.45. The Hall–Kier alpha value is -4.04. The van der Waals surface area contributed by atoms with E-state index in [1.807, 2.05) is 31.2 Å². The summed E-state index contributed by atoms with van der Waals surface area (Å²) in [5.41, 5.74) is 6.29. The molecule has 0 unspecified atom stereocenters. The third kappa shape index (κ3) is 4.03. The fraction of sp³-hybridized carbons (Fsp3) is 0.0455. The number of nitrogens with zero attached hydrogens (tertiary/aromatic N) is 3. The topological polar surface area (TPSA) is 102 Å². The van der Waals surface area contributed by atoms with Crippen molar-refractivity contribution in [3.63, 3.8) is 0 Å². The van der Waals surface area contributed by atoms with Gasteiger partial charge >= 0.3 is 0 Å². The number of benzene rings is 2. The van der Waals surface area contributed by atoms with Crippen molar-refractivity contribution in [1.82, 2.24) is 20.6 Å². The van der Waals surface area contributed by atoms with Crippen molar-refractivity contribution >= 4 is 17.1 Å². The molecule has 8 heteroatoms. The summed E-state index contributed by atoms with van der Waals surface area (Å²) >= 11 is 0. The summed E-state index contributed by atoms with van der Waals surface area (Å²) in [5, 5.41) is 7.13. The molecular weight excluding hydrogens is 383 g/mol. The molecule has 4 N–H and O–H groups in total. The average Bonchev–Trinajstić information content (AvgIpc) is 3.26. The fourth-order valence-corrected chi connectivity index (χ4v) is 2.88. The second kappa shape index (κ2) is 8.54. The molecule has 0 saturated heterocycles. The number of nitrogens with one attached hydrogen (secondary N) is 2. The minimum atomic E-state index is -0.411. The Morgan fingerprint density at radius 1 is 0.967 bits per heavy atom. The molecule has 0 fully saturated rings. The molecule has 2 aromatic carbocycles. The number of nitrogens with two attached hydrogens (primary N) is 1. The van der Waals surface area contributed by atoms with Gasteiger partial charge in [-0.15, -0.1) is 0 Å². The van der Waals surface area contributed by atoms with Crippen LogP contribution in [0.2, 0.25) is 0 Å². The van der Waals surface area contributed by atoms with Crippen LogP contribution in [0.15, 0.2) is 77.6 Å². The molecule has 2 aromatic heterocycles. The molecule has 4 rings (SSSR count). The van der Waals surface area contributed by atoms with Crippen LogP contribution in [0.25, 0.3) is 22.8 Å². The summed E-state index contributed by atoms with van der Waals surface area (Å²) in [5.74, 6) is 5.98. The lowest BCUT2D eigenvalue weighted by Crippen LogP contribution is -2.23. The molecule has 0 aliphatic carbocycles. The van der Waals surface area contributed by atoms with Crippen LogP contribution < -0.4 is 16.6 Å². The Morgan fingerprint density at radius 2 is 1.70 bits per heavy atom. The highest BCUT2D eigenvalue weighted by molar-refractivity contribution is 5.93. The Balaban J connectivity index is 1.80. The number of para-hydroxylation sites is 1. The van der Waals surface area contributed by atoms with Gasteiger partial charge in [0.15, 0.2) is 0 Å². The molecule has 0 radical (unpaired) electrons. The van der Waals surface area contributed by atoms with Crippen molar-refractivity contribution < 1.29 is 8.91 Å². The monoisotopic (exact) mass is 402 g/mol. The van der Waals surface area contributed by atoms with E-state index in [0.717, 1.165) is 11.1 Å². The van der Waals surface area contributed by atoms with Gasteiger partial charge in [-0.05, 0) is 31.2 Å². The summed E-state index contributed by atoms with van der Waals surface area (Å²) < 4.78 is 19.8. The molecule has 4 aromatic rings. The zero-order chi connectivity index (χ0) is 20.9. The van der Waals surface area contributed by atoms with Crippen LogP contribution in [-0.4, -0.2) is 15.1 Å². The van der Waals surface area contributed by atoms with Crippen LogP contribution in [0.3, 0.4) is 0 Å². The minimum Gasteiger partial charge on any atom is -0.351 e. The molecular formula is C22H19FN6O. The van der Waals surface area contributed by atoms with Crippen molar-refractivity contribution in [3.05, 3.63) is 95.9 Å². The molecule has 7 nitrogen and oxygen atoms in total. The van der Waals surface area contributed by atoms with E-state index in [4.69, 9.17) is 10.4 Å². The van der Waals surface area contributed by atoms with Crippen LogP contribution in [0, 0.1) is 12.7 Å². The number of anilines is 1. The minimum absolute atomic E-state index is 0.156. The normalized spacial score (nSPS) is 11.7. The van der Waals surface area contributed by atoms with Crippen LogP contribution >= 0.6 is 0 Å². The van der Waals surface area contributed by atoms with Gasteiger partial charge in [0.2, 0.25) is 5.82 Å². The number of hydrogen-bond acceptors (Lipinski definition) is 7. The van der Waals surface area contributed by atoms with Gasteiger partial charge in [0.25, 0.3) is 5.89 Å². The zero-order valence-corrected chi connectivity index (χ0v) is 16.1. The number of aryl methyl sites for hydroxylation is 1. The van der Waals surface area contributed by atoms with E-state index in [2.05, 4.69) is 25.9 Å². The molecule has 2 heterocycles. The maximum absolute atomic E-state index is 14.3. The zero-order valence-electron chi connectivity index (χ0n) is 16.1. The summed E-state index contributed by atoms with van der Waals surface area (Å²) in [6.45, 7) is 2.00. The first kappa shape index (κ1) is 19.3. The average molecular weight is 402 g/mol. The Bertz CT molecular complexity index is 1170. The van der Waals surface area contributed by atoms with E-state index >= 15 is 0 Å². The highest BCUT2D eigenvalue weighted by atomic mass is 19.1. The van der Waals surface area contributed by atoms with E-state index < -0.39 is 5.82 Å². The second-order valence-electron chi connectivity index (χ2n) is 6.52. The van der Waals surface area contributed by atoms with Crippen molar-refractivity contribution in [2.75, 3.05) is 5.32 Å². The lowest BCUT2D eigenvalue weighted by Gasteiger charge is -2.15. The molecule has 0 atom stereocenters. The largest absolute Gasteiger partial charge is 0.351 e. The van der Waals surface area contributed by atoms with Crippen molar-refractivity contribution in [2.45, 2.75) is 6.92 Å². The fourth-order valence-electron chi connectivity index (χ4n) is 2.88. The molecule has 150 valence electrons. The summed E-state index contributed by atoms with van der Waals surface area (Å²) in [6.07, 6.45) is 3.25. The van der Waals surface area contributed by atoms with Gasteiger partial charge in [0, 0.05) is 23.5 Å². The van der Waals surface area contributed by atoms with E-state index in [1.54, 1.807) is 42.7 Å². The lowest BCUT2D eigenvalue weighted by molar-refractivity contribution is 0.405. The van der Waals surface area contributed by atoms with Gasteiger partial charge in [-0.3, -0.25) is 10.8 Å². The SMILES string of the molecule is Cc1ccc(-c2noc(/C(NN)=C(/Nc3ccccc3F)c3ccncc3)n2)cc1. The Morgan fingerprint density at radius 3 is 2.40 bits per heavy atom. The first-order chi connectivity index (χ1) is 14.7. The molecule has 0 bridgehead atoms. The number of hydrazine groups is 1. The predicted octanol–water partition coefficient (Wildman–Crippen LogP) is 3.98. The standard InChI is InChI=1S/C22H19FN6O/c1-14-6-8-16(9-7-14)21-27-22(30-29-21)20(28-24)19(15-10-12-25-13-11-15)26-18-5-3-2-4-17(18)23/h2-13,26,28H,24H2,1H3/b20-19-. The highest BCUT2D eigenvalue weighted by Crippen LogP contribution is 2.27. The molecule has 0 aliphatic rings. The molecule has 30 heavy (non-hydrogen) atoms. The van der Waals surface area contributed by atoms with E-state index in [-0.39, 0.29) is 11.6 Å². The second-order valence-corrected chi connectivity index (χ2v) is 6.52. The summed E-state index contributed by atoms with van der Waals surface area (Å²) in [4.78, 5) is 8.50. The van der Waals surface area contributed by atoms with Gasteiger partial charge in [-0.25, -0.2) is 4.39 Å². The molecule has 0 saturated carbocycles. The lowest BCUT2D eigenvalue weighted by atomic mass is 10.1. The van der Waals surface area contributed by atoms with Crippen LogP contribution in [0.5, 0.6) is 0 Å². The van der Waals surface area contributed by atoms with Crippen molar-refractivity contribution in [3.8, 4) is 11.4 Å². The number of aromatic nitrogens is 3. The van der Waals surface area contributed by atoms with Gasteiger partial charge < -0.3 is 15.3 Å². The first-order valence-corrected chi connectivity index (χ1v) is 9.19. The predicted molar refractivity (Wildman–Crippen MR) is 113 cm³/mol. The smallest absolute Gasteiger partial charge is 0.277 e. The quantitative estimate of drug-likeness (QED) is 0.331. The first-order valence-electron chi connectivity index (χ1n) is 9.19. The molecule has 0 spiro atoms. The Kier molecular flexibility index (Phi) is 5.49.